The molecule has 0 amide bonds. The summed E-state index contributed by atoms with van der Waals surface area (Å²) in [5.74, 6) is 1.60. The third-order valence-electron chi connectivity index (χ3n) is 4.35. The molecule has 0 aliphatic rings. The van der Waals surface area contributed by atoms with Crippen LogP contribution in [0, 0.1) is 0 Å². The van der Waals surface area contributed by atoms with Crippen molar-refractivity contribution >= 4 is 5.96 Å². The van der Waals surface area contributed by atoms with Crippen molar-refractivity contribution in [1.82, 2.24) is 20.4 Å². The number of nitrogens with one attached hydrogen (secondary N) is 2. The van der Waals surface area contributed by atoms with E-state index >= 15 is 0 Å². The van der Waals surface area contributed by atoms with Crippen LogP contribution in [0.2, 0.25) is 0 Å². The second-order valence-electron chi connectivity index (χ2n) is 6.61. The van der Waals surface area contributed by atoms with Gasteiger partial charge in [0.25, 0.3) is 0 Å². The first kappa shape index (κ1) is 19.5. The number of hydrogen-bond acceptors (Lipinski definition) is 3. The highest BCUT2D eigenvalue weighted by molar-refractivity contribution is 5.80. The lowest BCUT2D eigenvalue weighted by molar-refractivity contribution is 0.223. The molecule has 0 aliphatic heterocycles. The highest BCUT2D eigenvalue weighted by atomic mass is 16.5. The number of hydrogen-bond donors (Lipinski definition) is 2. The van der Waals surface area contributed by atoms with E-state index in [0.717, 1.165) is 23.0 Å². The van der Waals surface area contributed by atoms with Crippen molar-refractivity contribution in [2.24, 2.45) is 4.99 Å². The van der Waals surface area contributed by atoms with Gasteiger partial charge in [-0.1, -0.05) is 30.3 Å². The maximum atomic E-state index is 5.90. The van der Waals surface area contributed by atoms with Crippen LogP contribution in [-0.4, -0.2) is 35.4 Å². The van der Waals surface area contributed by atoms with Crippen LogP contribution < -0.4 is 15.4 Å². The topological polar surface area (TPSA) is 63.5 Å². The van der Waals surface area contributed by atoms with E-state index in [1.165, 1.54) is 0 Å². The van der Waals surface area contributed by atoms with Gasteiger partial charge in [0.2, 0.25) is 0 Å². The number of rotatable bonds is 7. The molecule has 2 unspecified atom stereocenters. The Labute approximate surface area is 166 Å². The standard InChI is InChI=1S/C22H27N5O/c1-17(28-21-11-5-4-6-12-21)16-24-22(23-3)26-18(2)19-9-7-10-20(15-19)27-14-8-13-25-27/h4-15,17-18H,16H2,1-3H3,(H2,23,24,26). The van der Waals surface area contributed by atoms with Crippen LogP contribution in [0.3, 0.4) is 0 Å². The summed E-state index contributed by atoms with van der Waals surface area (Å²) in [5, 5.41) is 11.1. The number of nitrogens with zero attached hydrogens (tertiary/aromatic N) is 3. The molecule has 0 fully saturated rings. The van der Waals surface area contributed by atoms with Crippen molar-refractivity contribution in [2.45, 2.75) is 26.0 Å². The Bertz CT molecular complexity index is 877. The van der Waals surface area contributed by atoms with Gasteiger partial charge in [-0.3, -0.25) is 4.99 Å². The number of benzene rings is 2. The maximum Gasteiger partial charge on any atom is 0.191 e. The number of ether oxygens (including phenoxy) is 1. The first-order chi connectivity index (χ1) is 13.7. The molecule has 0 radical (unpaired) electrons. The molecule has 6 heteroatoms. The Kier molecular flexibility index (Phi) is 6.68. The Morgan fingerprint density at radius 2 is 1.93 bits per heavy atom. The van der Waals surface area contributed by atoms with Crippen molar-refractivity contribution in [2.75, 3.05) is 13.6 Å². The lowest BCUT2D eigenvalue weighted by Gasteiger charge is -2.21. The SMILES string of the molecule is CN=C(NCC(C)Oc1ccccc1)NC(C)c1cccc(-n2cccn2)c1. The number of guanidine groups is 1. The molecule has 3 rings (SSSR count). The molecule has 1 aromatic heterocycles. The summed E-state index contributed by atoms with van der Waals surface area (Å²) < 4.78 is 7.75. The molecule has 0 aliphatic carbocycles. The monoisotopic (exact) mass is 377 g/mol. The normalized spacial score (nSPS) is 13.6. The minimum absolute atomic E-state index is 0.0133. The lowest BCUT2D eigenvalue weighted by atomic mass is 10.1. The van der Waals surface area contributed by atoms with Gasteiger partial charge in [-0.2, -0.15) is 5.10 Å². The highest BCUT2D eigenvalue weighted by Gasteiger charge is 2.11. The Hall–Kier alpha value is -3.28. The van der Waals surface area contributed by atoms with E-state index in [0.29, 0.717) is 6.54 Å². The molecule has 2 N–H and O–H groups in total. The first-order valence-electron chi connectivity index (χ1n) is 9.44. The van der Waals surface area contributed by atoms with Crippen LogP contribution in [0.4, 0.5) is 0 Å². The van der Waals surface area contributed by atoms with Gasteiger partial charge in [0.05, 0.1) is 18.3 Å². The van der Waals surface area contributed by atoms with E-state index in [4.69, 9.17) is 4.74 Å². The van der Waals surface area contributed by atoms with E-state index in [2.05, 4.69) is 39.8 Å². The predicted octanol–water partition coefficient (Wildman–Crippen LogP) is 3.57. The van der Waals surface area contributed by atoms with Crippen LogP contribution in [0.5, 0.6) is 5.75 Å². The van der Waals surface area contributed by atoms with Gasteiger partial charge in [0.1, 0.15) is 11.9 Å². The molecule has 0 saturated carbocycles. The third kappa shape index (κ3) is 5.36. The zero-order valence-corrected chi connectivity index (χ0v) is 16.5. The molecule has 28 heavy (non-hydrogen) atoms. The average molecular weight is 377 g/mol. The largest absolute Gasteiger partial charge is 0.489 e. The summed E-state index contributed by atoms with van der Waals surface area (Å²) in [5.41, 5.74) is 2.19. The second kappa shape index (κ2) is 9.60. The number of para-hydroxylation sites is 1. The van der Waals surface area contributed by atoms with Crippen LogP contribution in [0.25, 0.3) is 5.69 Å². The quantitative estimate of drug-likeness (QED) is 0.488. The van der Waals surface area contributed by atoms with E-state index in [-0.39, 0.29) is 12.1 Å². The summed E-state index contributed by atoms with van der Waals surface area (Å²) in [6.45, 7) is 4.79. The summed E-state index contributed by atoms with van der Waals surface area (Å²) >= 11 is 0. The van der Waals surface area contributed by atoms with Gasteiger partial charge >= 0.3 is 0 Å². The zero-order valence-electron chi connectivity index (χ0n) is 16.5. The van der Waals surface area contributed by atoms with Gasteiger partial charge in [0, 0.05) is 19.4 Å². The fraction of sp³-hybridized carbons (Fsp3) is 0.273. The Morgan fingerprint density at radius 1 is 1.11 bits per heavy atom. The van der Waals surface area contributed by atoms with Crippen molar-refractivity contribution < 1.29 is 4.74 Å². The molecule has 2 atom stereocenters. The van der Waals surface area contributed by atoms with Crippen LogP contribution in [0.15, 0.2) is 78.0 Å². The molecule has 3 aromatic rings. The molecule has 1 heterocycles. The van der Waals surface area contributed by atoms with Gasteiger partial charge in [-0.05, 0) is 49.7 Å². The summed E-state index contributed by atoms with van der Waals surface area (Å²) in [6, 6.07) is 20.1. The minimum Gasteiger partial charge on any atom is -0.489 e. The molecular weight excluding hydrogens is 350 g/mol. The van der Waals surface area contributed by atoms with Gasteiger partial charge < -0.3 is 15.4 Å². The van der Waals surface area contributed by atoms with Gasteiger partial charge in [-0.15, -0.1) is 0 Å². The van der Waals surface area contributed by atoms with Crippen molar-refractivity contribution in [3.63, 3.8) is 0 Å². The molecule has 0 spiro atoms. The first-order valence-corrected chi connectivity index (χ1v) is 9.44. The smallest absolute Gasteiger partial charge is 0.191 e. The number of aliphatic imine (C=N–C) groups is 1. The lowest BCUT2D eigenvalue weighted by Crippen LogP contribution is -2.42. The maximum absolute atomic E-state index is 5.90. The molecular formula is C22H27N5O. The van der Waals surface area contributed by atoms with Crippen LogP contribution in [0.1, 0.15) is 25.5 Å². The molecule has 0 saturated heterocycles. The molecule has 6 nitrogen and oxygen atoms in total. The molecule has 0 bridgehead atoms. The highest BCUT2D eigenvalue weighted by Crippen LogP contribution is 2.16. The van der Waals surface area contributed by atoms with Crippen molar-refractivity contribution in [1.29, 1.82) is 0 Å². The van der Waals surface area contributed by atoms with Gasteiger partial charge in [-0.25, -0.2) is 4.68 Å². The second-order valence-corrected chi connectivity index (χ2v) is 6.61. The summed E-state index contributed by atoms with van der Waals surface area (Å²) in [6.07, 6.45) is 3.73. The van der Waals surface area contributed by atoms with Crippen molar-refractivity contribution in [3.05, 3.63) is 78.6 Å². The fourth-order valence-corrected chi connectivity index (χ4v) is 2.85. The van der Waals surface area contributed by atoms with Crippen LogP contribution >= 0.6 is 0 Å². The predicted molar refractivity (Wildman–Crippen MR) is 113 cm³/mol. The number of aromatic nitrogens is 2. The van der Waals surface area contributed by atoms with E-state index in [9.17, 15) is 0 Å². The Balaban J connectivity index is 1.55. The zero-order chi connectivity index (χ0) is 19.8. The summed E-state index contributed by atoms with van der Waals surface area (Å²) in [7, 11) is 1.77. The van der Waals surface area contributed by atoms with Crippen LogP contribution in [-0.2, 0) is 0 Å². The van der Waals surface area contributed by atoms with E-state index < -0.39 is 0 Å². The van der Waals surface area contributed by atoms with E-state index in [1.807, 2.05) is 66.3 Å². The molecule has 2 aromatic carbocycles. The minimum atomic E-state index is 0.0133. The summed E-state index contributed by atoms with van der Waals surface area (Å²) in [4.78, 5) is 4.33. The fourth-order valence-electron chi connectivity index (χ4n) is 2.85. The average Bonchev–Trinajstić information content (AvgIpc) is 3.27. The van der Waals surface area contributed by atoms with E-state index in [1.54, 1.807) is 13.2 Å². The third-order valence-corrected chi connectivity index (χ3v) is 4.35. The molecule has 146 valence electrons. The van der Waals surface area contributed by atoms with Crippen molar-refractivity contribution in [3.8, 4) is 11.4 Å². The Morgan fingerprint density at radius 3 is 2.64 bits per heavy atom. The van der Waals surface area contributed by atoms with Gasteiger partial charge in [0.15, 0.2) is 5.96 Å².